The number of aromatic nitrogens is 1. The molecule has 0 N–H and O–H groups in total. The highest BCUT2D eigenvalue weighted by molar-refractivity contribution is 7.09. The summed E-state index contributed by atoms with van der Waals surface area (Å²) in [5, 5.41) is 0. The highest BCUT2D eigenvalue weighted by Gasteiger charge is 2.34. The predicted octanol–water partition coefficient (Wildman–Crippen LogP) is 4.44. The Morgan fingerprint density at radius 3 is 2.54 bits per heavy atom. The van der Waals surface area contributed by atoms with Gasteiger partial charge in [-0.25, -0.2) is 0 Å². The molecule has 2 fully saturated rings. The largest absolute Gasteiger partial charge is 0.487 e. The van der Waals surface area contributed by atoms with Crippen molar-refractivity contribution < 1.29 is 32.2 Å². The van der Waals surface area contributed by atoms with E-state index in [2.05, 4.69) is 4.99 Å². The molecular formula is C26H32F3N3O4S. The number of ether oxygens (including phenoxy) is 2. The smallest absolute Gasteiger partial charge is 0.416 e. The van der Waals surface area contributed by atoms with E-state index in [9.17, 15) is 22.8 Å². The van der Waals surface area contributed by atoms with Crippen molar-refractivity contribution in [3.63, 3.8) is 0 Å². The molecule has 2 aromatic rings. The van der Waals surface area contributed by atoms with Gasteiger partial charge in [-0.15, -0.1) is 11.3 Å². The van der Waals surface area contributed by atoms with Crippen LogP contribution in [0.5, 0.6) is 5.75 Å². The Morgan fingerprint density at radius 1 is 1.22 bits per heavy atom. The van der Waals surface area contributed by atoms with Gasteiger partial charge < -0.3 is 14.0 Å². The van der Waals surface area contributed by atoms with Crippen LogP contribution in [0.4, 0.5) is 13.2 Å². The van der Waals surface area contributed by atoms with Crippen LogP contribution < -0.4 is 9.54 Å². The Labute approximate surface area is 217 Å². The lowest BCUT2D eigenvalue weighted by Gasteiger charge is -2.38. The molecule has 0 bridgehead atoms. The number of likely N-dealkylation sites (tertiary alicyclic amines) is 1. The van der Waals surface area contributed by atoms with Crippen molar-refractivity contribution in [1.82, 2.24) is 9.47 Å². The fourth-order valence-electron chi connectivity index (χ4n) is 4.30. The van der Waals surface area contributed by atoms with E-state index in [0.717, 1.165) is 29.9 Å². The zero-order valence-electron chi connectivity index (χ0n) is 21.4. The first-order valence-electron chi connectivity index (χ1n) is 12.3. The quantitative estimate of drug-likeness (QED) is 0.520. The van der Waals surface area contributed by atoms with Gasteiger partial charge in [-0.3, -0.25) is 14.5 Å². The Hall–Kier alpha value is -2.50. The monoisotopic (exact) mass is 539 g/mol. The molecule has 2 aliphatic heterocycles. The predicted molar refractivity (Wildman–Crippen MR) is 133 cm³/mol. The van der Waals surface area contributed by atoms with Crippen LogP contribution in [0.25, 0.3) is 0 Å². The molecule has 3 heterocycles. The number of amides is 1. The van der Waals surface area contributed by atoms with Gasteiger partial charge in [0.2, 0.25) is 0 Å². The number of hydrogen-bond acceptors (Lipinski definition) is 6. The normalized spacial score (nSPS) is 19.8. The Kier molecular flexibility index (Phi) is 7.96. The summed E-state index contributed by atoms with van der Waals surface area (Å²) in [4.78, 5) is 32.2. The van der Waals surface area contributed by atoms with Crippen LogP contribution in [0.15, 0.2) is 29.4 Å². The number of Topliss-reactive ketones (excluding diaryl/α,β-unsaturated/α-hetero) is 1. The van der Waals surface area contributed by atoms with Crippen LogP contribution in [0.2, 0.25) is 0 Å². The van der Waals surface area contributed by atoms with Gasteiger partial charge in [0, 0.05) is 30.8 Å². The number of carbonyl (C=O) groups is 2. The second-order valence-corrected chi connectivity index (χ2v) is 11.7. The molecule has 37 heavy (non-hydrogen) atoms. The van der Waals surface area contributed by atoms with E-state index in [1.807, 2.05) is 36.4 Å². The molecule has 0 unspecified atom stereocenters. The number of hydrogen-bond donors (Lipinski definition) is 0. The van der Waals surface area contributed by atoms with Crippen molar-refractivity contribution in [2.75, 3.05) is 26.2 Å². The molecule has 0 saturated carbocycles. The first-order valence-corrected chi connectivity index (χ1v) is 13.1. The summed E-state index contributed by atoms with van der Waals surface area (Å²) < 4.78 is 54.0. The minimum atomic E-state index is -4.62. The van der Waals surface area contributed by atoms with Gasteiger partial charge in [0.15, 0.2) is 4.80 Å². The standard InChI is InChI=1S/C26H32F3N3O4S/c1-16(33)11-31-12-19(13-31)36-21-8-7-17(26(27,28)29)10-20(21)23(34)30-24-32(14-18-6-5-9-35-18)15-22(37-24)25(2,3)4/h7-8,10,15,18-19H,5-6,9,11-14H2,1-4H3/t18-/m1/s1. The number of ketones is 1. The molecule has 0 radical (unpaired) electrons. The van der Waals surface area contributed by atoms with Crippen LogP contribution in [-0.4, -0.2) is 59.6 Å². The summed E-state index contributed by atoms with van der Waals surface area (Å²) in [5.74, 6) is -0.735. The first-order chi connectivity index (χ1) is 17.3. The third kappa shape index (κ3) is 6.88. The van der Waals surface area contributed by atoms with Crippen molar-refractivity contribution in [3.8, 4) is 5.75 Å². The number of benzene rings is 1. The average Bonchev–Trinajstić information content (AvgIpc) is 3.41. The van der Waals surface area contributed by atoms with Gasteiger partial charge in [0.25, 0.3) is 5.91 Å². The summed E-state index contributed by atoms with van der Waals surface area (Å²) in [5.41, 5.74) is -1.38. The van der Waals surface area contributed by atoms with Crippen LogP contribution >= 0.6 is 11.3 Å². The molecule has 2 aliphatic rings. The van der Waals surface area contributed by atoms with Crippen molar-refractivity contribution >= 4 is 23.0 Å². The molecule has 1 aromatic carbocycles. The van der Waals surface area contributed by atoms with Crippen molar-refractivity contribution in [3.05, 3.63) is 45.2 Å². The lowest BCUT2D eigenvalue weighted by atomic mass is 9.95. The van der Waals surface area contributed by atoms with Crippen molar-refractivity contribution in [2.24, 2.45) is 4.99 Å². The zero-order chi connectivity index (χ0) is 27.0. The average molecular weight is 540 g/mol. The second kappa shape index (κ2) is 10.7. The highest BCUT2D eigenvalue weighted by atomic mass is 32.1. The van der Waals surface area contributed by atoms with Gasteiger partial charge in [-0.1, -0.05) is 20.8 Å². The second-order valence-electron chi connectivity index (χ2n) is 10.7. The number of rotatable bonds is 7. The Morgan fingerprint density at radius 2 is 1.95 bits per heavy atom. The molecule has 1 aromatic heterocycles. The third-order valence-electron chi connectivity index (χ3n) is 6.28. The maximum absolute atomic E-state index is 13.5. The maximum Gasteiger partial charge on any atom is 0.416 e. The minimum Gasteiger partial charge on any atom is -0.487 e. The third-order valence-corrected chi connectivity index (χ3v) is 7.73. The van der Waals surface area contributed by atoms with Crippen LogP contribution in [0.3, 0.4) is 0 Å². The molecule has 1 amide bonds. The molecule has 11 heteroatoms. The fourth-order valence-corrected chi connectivity index (χ4v) is 5.35. The number of alkyl halides is 3. The van der Waals surface area contributed by atoms with Gasteiger partial charge in [0.1, 0.15) is 17.6 Å². The molecule has 0 spiro atoms. The van der Waals surface area contributed by atoms with E-state index in [1.54, 1.807) is 0 Å². The van der Waals surface area contributed by atoms with Crippen LogP contribution in [0.1, 0.15) is 61.3 Å². The van der Waals surface area contributed by atoms with Crippen LogP contribution in [0, 0.1) is 0 Å². The van der Waals surface area contributed by atoms with Crippen LogP contribution in [-0.2, 0) is 27.7 Å². The van der Waals surface area contributed by atoms with Gasteiger partial charge >= 0.3 is 6.18 Å². The van der Waals surface area contributed by atoms with E-state index >= 15 is 0 Å². The molecular weight excluding hydrogens is 507 g/mol. The summed E-state index contributed by atoms with van der Waals surface area (Å²) >= 11 is 1.34. The fraction of sp³-hybridized carbons (Fsp3) is 0.577. The molecule has 7 nitrogen and oxygen atoms in total. The van der Waals surface area contributed by atoms with Gasteiger partial charge in [-0.2, -0.15) is 18.2 Å². The van der Waals surface area contributed by atoms with E-state index in [4.69, 9.17) is 9.47 Å². The lowest BCUT2D eigenvalue weighted by molar-refractivity contribution is -0.137. The number of nitrogens with zero attached hydrogens (tertiary/aromatic N) is 3. The van der Waals surface area contributed by atoms with Gasteiger partial charge in [-0.05, 0) is 43.4 Å². The van der Waals surface area contributed by atoms with Gasteiger partial charge in [0.05, 0.1) is 30.3 Å². The molecule has 2 saturated heterocycles. The summed E-state index contributed by atoms with van der Waals surface area (Å²) in [6, 6.07) is 2.88. The number of halogens is 3. The Balaban J connectivity index is 1.66. The molecule has 1 atom stereocenters. The van der Waals surface area contributed by atoms with E-state index in [-0.39, 0.29) is 41.3 Å². The lowest BCUT2D eigenvalue weighted by Crippen LogP contribution is -2.55. The number of thiazole rings is 1. The highest BCUT2D eigenvalue weighted by Crippen LogP contribution is 2.34. The minimum absolute atomic E-state index is 0.000451. The Bertz CT molecular complexity index is 1220. The molecule has 4 rings (SSSR count). The summed E-state index contributed by atoms with van der Waals surface area (Å²) in [7, 11) is 0. The maximum atomic E-state index is 13.5. The first kappa shape index (κ1) is 27.5. The van der Waals surface area contributed by atoms with E-state index < -0.39 is 17.6 Å². The zero-order valence-corrected chi connectivity index (χ0v) is 22.2. The SMILES string of the molecule is CC(=O)CN1CC(Oc2ccc(C(F)(F)F)cc2C(=O)N=c2sc(C(C)(C)C)cn2C[C@H]2CCCO2)C1. The topological polar surface area (TPSA) is 73.1 Å². The summed E-state index contributed by atoms with van der Waals surface area (Å²) in [6.45, 7) is 10.0. The molecule has 0 aliphatic carbocycles. The summed E-state index contributed by atoms with van der Waals surface area (Å²) in [6.07, 6.45) is -1.15. The van der Waals surface area contributed by atoms with Crippen molar-refractivity contribution in [1.29, 1.82) is 0 Å². The van der Waals surface area contributed by atoms with E-state index in [0.29, 0.717) is 31.0 Å². The molecule has 202 valence electrons. The van der Waals surface area contributed by atoms with Crippen molar-refractivity contribution in [2.45, 2.75) is 70.9 Å². The van der Waals surface area contributed by atoms with E-state index in [1.165, 1.54) is 24.3 Å². The number of carbonyl (C=O) groups excluding carboxylic acids is 2.